The molecule has 1 rings (SSSR count). The van der Waals surface area contributed by atoms with E-state index in [1.54, 1.807) is 59.1 Å². The normalized spacial score (nSPS) is 12.4. The van der Waals surface area contributed by atoms with Gasteiger partial charge >= 0.3 is 12.1 Å². The Morgan fingerprint density at radius 3 is 2.22 bits per heavy atom. The van der Waals surface area contributed by atoms with Crippen molar-refractivity contribution < 1.29 is 24.2 Å². The number of methoxy groups -OCH3 is 1. The minimum Gasteiger partial charge on any atom is -0.497 e. The second-order valence-corrected chi connectivity index (χ2v) is 6.49. The zero-order chi connectivity index (χ0) is 17.6. The smallest absolute Gasteiger partial charge is 0.414 e. The van der Waals surface area contributed by atoms with Gasteiger partial charge < -0.3 is 14.6 Å². The van der Waals surface area contributed by atoms with Crippen LogP contribution in [0.25, 0.3) is 0 Å². The average molecular weight is 323 g/mol. The summed E-state index contributed by atoms with van der Waals surface area (Å²) >= 11 is 0. The Kier molecular flexibility index (Phi) is 6.42. The Hall–Kier alpha value is -2.24. The Labute approximate surface area is 137 Å². The number of carboxylic acid groups (broad SMARTS) is 1. The van der Waals surface area contributed by atoms with Gasteiger partial charge in [0.2, 0.25) is 0 Å². The van der Waals surface area contributed by atoms with Crippen molar-refractivity contribution in [3.8, 4) is 5.75 Å². The zero-order valence-corrected chi connectivity index (χ0v) is 14.3. The van der Waals surface area contributed by atoms with Gasteiger partial charge in [-0.05, 0) is 51.0 Å². The molecule has 0 saturated carbocycles. The number of ether oxygens (including phenoxy) is 2. The van der Waals surface area contributed by atoms with Crippen LogP contribution in [0.2, 0.25) is 0 Å². The highest BCUT2D eigenvalue weighted by Crippen LogP contribution is 2.23. The van der Waals surface area contributed by atoms with Crippen LogP contribution in [0.4, 0.5) is 10.5 Å². The maximum absolute atomic E-state index is 12.5. The highest BCUT2D eigenvalue weighted by Gasteiger charge is 2.25. The van der Waals surface area contributed by atoms with Crippen molar-refractivity contribution in [3.63, 3.8) is 0 Å². The molecule has 128 valence electrons. The predicted molar refractivity (Wildman–Crippen MR) is 88.0 cm³/mol. The fourth-order valence-electron chi connectivity index (χ4n) is 2.04. The van der Waals surface area contributed by atoms with E-state index in [1.807, 2.05) is 0 Å². The van der Waals surface area contributed by atoms with E-state index in [0.717, 1.165) is 0 Å². The van der Waals surface area contributed by atoms with Gasteiger partial charge in [-0.3, -0.25) is 9.69 Å². The third kappa shape index (κ3) is 6.59. The Bertz CT molecular complexity index is 533. The molecule has 6 nitrogen and oxygen atoms in total. The van der Waals surface area contributed by atoms with Crippen LogP contribution in [0.5, 0.6) is 5.75 Å². The Morgan fingerprint density at radius 1 is 1.22 bits per heavy atom. The second kappa shape index (κ2) is 7.85. The quantitative estimate of drug-likeness (QED) is 0.866. The van der Waals surface area contributed by atoms with Crippen LogP contribution in [0.3, 0.4) is 0 Å². The molecule has 23 heavy (non-hydrogen) atoms. The van der Waals surface area contributed by atoms with Gasteiger partial charge in [0.1, 0.15) is 11.4 Å². The largest absolute Gasteiger partial charge is 0.497 e. The Morgan fingerprint density at radius 2 is 1.78 bits per heavy atom. The zero-order valence-electron chi connectivity index (χ0n) is 14.3. The number of benzene rings is 1. The van der Waals surface area contributed by atoms with Crippen molar-refractivity contribution in [2.45, 2.75) is 39.7 Å². The lowest BCUT2D eigenvalue weighted by Gasteiger charge is -2.29. The molecule has 6 heteroatoms. The summed E-state index contributed by atoms with van der Waals surface area (Å²) in [6.07, 6.45) is -0.518. The van der Waals surface area contributed by atoms with Gasteiger partial charge in [0, 0.05) is 18.7 Å². The number of rotatable bonds is 6. The van der Waals surface area contributed by atoms with E-state index < -0.39 is 17.7 Å². The third-order valence-electron chi connectivity index (χ3n) is 3.02. The van der Waals surface area contributed by atoms with Crippen LogP contribution in [0, 0.1) is 5.92 Å². The summed E-state index contributed by atoms with van der Waals surface area (Å²) in [4.78, 5) is 24.8. The van der Waals surface area contributed by atoms with Gasteiger partial charge in [0.05, 0.1) is 7.11 Å². The highest BCUT2D eigenvalue weighted by atomic mass is 16.6. The van der Waals surface area contributed by atoms with Crippen LogP contribution >= 0.6 is 0 Å². The summed E-state index contributed by atoms with van der Waals surface area (Å²) in [5, 5.41) is 8.91. The van der Waals surface area contributed by atoms with Crippen molar-refractivity contribution in [2.75, 3.05) is 18.6 Å². The molecule has 1 atom stereocenters. The predicted octanol–water partition coefficient (Wildman–Crippen LogP) is 3.55. The van der Waals surface area contributed by atoms with Gasteiger partial charge in [-0.2, -0.15) is 0 Å². The van der Waals surface area contributed by atoms with Crippen LogP contribution in [0.15, 0.2) is 24.3 Å². The van der Waals surface area contributed by atoms with Crippen molar-refractivity contribution in [2.24, 2.45) is 5.92 Å². The Balaban J connectivity index is 2.99. The number of carbonyl (C=O) groups excluding carboxylic acids is 1. The SMILES string of the molecule is COc1ccc(N(CC(C)CC(=O)O)C(=O)OC(C)(C)C)cc1. The summed E-state index contributed by atoms with van der Waals surface area (Å²) in [6.45, 7) is 7.41. The monoisotopic (exact) mass is 323 g/mol. The lowest BCUT2D eigenvalue weighted by Crippen LogP contribution is -2.39. The topological polar surface area (TPSA) is 76.1 Å². The number of carbonyl (C=O) groups is 2. The number of anilines is 1. The lowest BCUT2D eigenvalue weighted by atomic mass is 10.1. The molecule has 1 unspecified atom stereocenters. The van der Waals surface area contributed by atoms with E-state index in [0.29, 0.717) is 11.4 Å². The molecule has 1 amide bonds. The molecule has 0 heterocycles. The van der Waals surface area contributed by atoms with E-state index in [-0.39, 0.29) is 18.9 Å². The molecule has 1 aromatic carbocycles. The highest BCUT2D eigenvalue weighted by molar-refractivity contribution is 5.88. The molecule has 0 saturated heterocycles. The number of hydrogen-bond acceptors (Lipinski definition) is 4. The van der Waals surface area contributed by atoms with Gasteiger partial charge in [0.25, 0.3) is 0 Å². The van der Waals surface area contributed by atoms with Crippen LogP contribution < -0.4 is 9.64 Å². The fourth-order valence-corrected chi connectivity index (χ4v) is 2.04. The molecule has 1 aromatic rings. The lowest BCUT2D eigenvalue weighted by molar-refractivity contribution is -0.137. The maximum Gasteiger partial charge on any atom is 0.414 e. The van der Waals surface area contributed by atoms with Crippen LogP contribution in [-0.4, -0.2) is 36.4 Å². The van der Waals surface area contributed by atoms with Crippen molar-refractivity contribution in [1.29, 1.82) is 0 Å². The first-order valence-corrected chi connectivity index (χ1v) is 7.48. The van der Waals surface area contributed by atoms with Crippen LogP contribution in [0.1, 0.15) is 34.1 Å². The molecule has 0 bridgehead atoms. The molecule has 1 N–H and O–H groups in total. The van der Waals surface area contributed by atoms with E-state index >= 15 is 0 Å². The summed E-state index contributed by atoms with van der Waals surface area (Å²) in [7, 11) is 1.57. The summed E-state index contributed by atoms with van der Waals surface area (Å²) in [5.74, 6) is -0.421. The molecular formula is C17H25NO5. The molecule has 0 spiro atoms. The molecule has 0 aliphatic carbocycles. The second-order valence-electron chi connectivity index (χ2n) is 6.49. The van der Waals surface area contributed by atoms with Crippen molar-refractivity contribution in [1.82, 2.24) is 0 Å². The third-order valence-corrected chi connectivity index (χ3v) is 3.02. The van der Waals surface area contributed by atoms with Gasteiger partial charge in [-0.1, -0.05) is 6.92 Å². The molecule has 0 aliphatic rings. The van der Waals surface area contributed by atoms with E-state index in [9.17, 15) is 9.59 Å². The number of aliphatic carboxylic acids is 1. The minimum absolute atomic E-state index is 0.0184. The molecule has 0 aromatic heterocycles. The van der Waals surface area contributed by atoms with Crippen LogP contribution in [-0.2, 0) is 9.53 Å². The molecule has 0 radical (unpaired) electrons. The van der Waals surface area contributed by atoms with E-state index in [1.165, 1.54) is 4.90 Å². The van der Waals surface area contributed by atoms with Crippen molar-refractivity contribution >= 4 is 17.7 Å². The minimum atomic E-state index is -0.892. The molecule has 0 fully saturated rings. The molecule has 0 aliphatic heterocycles. The first kappa shape index (κ1) is 18.8. The number of carboxylic acids is 1. The molecular weight excluding hydrogens is 298 g/mol. The van der Waals surface area contributed by atoms with E-state index in [2.05, 4.69) is 0 Å². The van der Waals surface area contributed by atoms with E-state index in [4.69, 9.17) is 14.6 Å². The first-order valence-electron chi connectivity index (χ1n) is 7.48. The van der Waals surface area contributed by atoms with Gasteiger partial charge in [-0.15, -0.1) is 0 Å². The van der Waals surface area contributed by atoms with Gasteiger partial charge in [0.15, 0.2) is 0 Å². The summed E-state index contributed by atoms with van der Waals surface area (Å²) < 4.78 is 10.5. The first-order chi connectivity index (χ1) is 10.6. The standard InChI is InChI=1S/C17H25NO5/c1-12(10-15(19)20)11-18(16(21)23-17(2,3)4)13-6-8-14(22-5)9-7-13/h6-9,12H,10-11H2,1-5H3,(H,19,20). The summed E-state index contributed by atoms with van der Waals surface area (Å²) in [5.41, 5.74) is 0.00924. The van der Waals surface area contributed by atoms with Gasteiger partial charge in [-0.25, -0.2) is 4.79 Å². The van der Waals surface area contributed by atoms with Crippen molar-refractivity contribution in [3.05, 3.63) is 24.3 Å². The number of amides is 1. The number of hydrogen-bond donors (Lipinski definition) is 1. The maximum atomic E-state index is 12.5. The average Bonchev–Trinajstić information content (AvgIpc) is 2.42. The number of nitrogens with zero attached hydrogens (tertiary/aromatic N) is 1. The fraction of sp³-hybridized carbons (Fsp3) is 0.529. The summed E-state index contributed by atoms with van der Waals surface area (Å²) in [6, 6.07) is 6.98.